The maximum atomic E-state index is 12.1. The normalized spacial score (nSPS) is 13.6. The van der Waals surface area contributed by atoms with Crippen LogP contribution in [0.25, 0.3) is 0 Å². The van der Waals surface area contributed by atoms with Crippen molar-refractivity contribution in [1.29, 1.82) is 0 Å². The lowest BCUT2D eigenvalue weighted by Crippen LogP contribution is -2.34. The van der Waals surface area contributed by atoms with E-state index >= 15 is 0 Å². The molecule has 0 spiro atoms. The van der Waals surface area contributed by atoms with Crippen LogP contribution in [0.5, 0.6) is 0 Å². The van der Waals surface area contributed by atoms with E-state index in [0.717, 1.165) is 11.3 Å². The highest BCUT2D eigenvalue weighted by Gasteiger charge is 2.35. The second kappa shape index (κ2) is 5.73. The predicted molar refractivity (Wildman–Crippen MR) is 74.1 cm³/mol. The summed E-state index contributed by atoms with van der Waals surface area (Å²) in [6, 6.07) is 4.62. The third kappa shape index (κ3) is 2.64. The Hall–Kier alpha value is -2.37. The van der Waals surface area contributed by atoms with Crippen molar-refractivity contribution in [3.8, 4) is 0 Å². The quantitative estimate of drug-likeness (QED) is 0.613. The Bertz CT molecular complexity index is 569. The van der Waals surface area contributed by atoms with E-state index < -0.39 is 0 Å². The zero-order valence-electron chi connectivity index (χ0n) is 11.3. The van der Waals surface area contributed by atoms with E-state index in [1.807, 2.05) is 6.92 Å². The fourth-order valence-electron chi connectivity index (χ4n) is 2.08. The van der Waals surface area contributed by atoms with Crippen LogP contribution < -0.4 is 11.1 Å². The highest BCUT2D eigenvalue weighted by atomic mass is 16.2. The number of anilines is 1. The molecule has 1 aromatic carbocycles. The van der Waals surface area contributed by atoms with E-state index in [1.165, 1.54) is 6.07 Å². The summed E-state index contributed by atoms with van der Waals surface area (Å²) in [6.45, 7) is 2.63. The molecular formula is C14H17N3O3. The maximum absolute atomic E-state index is 12.1. The zero-order valence-corrected chi connectivity index (χ0v) is 11.3. The van der Waals surface area contributed by atoms with E-state index in [4.69, 9.17) is 5.73 Å². The Labute approximate surface area is 116 Å². The highest BCUT2D eigenvalue weighted by Crippen LogP contribution is 2.24. The number of nitrogens with two attached hydrogens (primary N) is 1. The van der Waals surface area contributed by atoms with Gasteiger partial charge in [-0.3, -0.25) is 19.3 Å². The van der Waals surface area contributed by atoms with Crippen molar-refractivity contribution in [1.82, 2.24) is 10.2 Å². The molecule has 3 amide bonds. The molecule has 1 aliphatic rings. The lowest BCUT2D eigenvalue weighted by molar-refractivity contribution is -0.121. The number of nitrogens with one attached hydrogen (secondary N) is 1. The third-order valence-electron chi connectivity index (χ3n) is 3.13. The van der Waals surface area contributed by atoms with Gasteiger partial charge in [-0.25, -0.2) is 0 Å². The van der Waals surface area contributed by atoms with Crippen molar-refractivity contribution in [2.45, 2.75) is 19.8 Å². The summed E-state index contributed by atoms with van der Waals surface area (Å²) in [5.74, 6) is -0.920. The van der Waals surface area contributed by atoms with Gasteiger partial charge in [0.25, 0.3) is 11.8 Å². The van der Waals surface area contributed by atoms with Crippen LogP contribution in [0.4, 0.5) is 5.69 Å². The largest absolute Gasteiger partial charge is 0.399 e. The second-order valence-electron chi connectivity index (χ2n) is 4.67. The fourth-order valence-corrected chi connectivity index (χ4v) is 2.08. The molecule has 6 heteroatoms. The minimum Gasteiger partial charge on any atom is -0.399 e. The summed E-state index contributed by atoms with van der Waals surface area (Å²) in [6.07, 6.45) is 0.957. The van der Waals surface area contributed by atoms with Crippen LogP contribution in [0.2, 0.25) is 0 Å². The van der Waals surface area contributed by atoms with Crippen LogP contribution in [0.3, 0.4) is 0 Å². The van der Waals surface area contributed by atoms with Crippen LogP contribution in [0.15, 0.2) is 18.2 Å². The summed E-state index contributed by atoms with van der Waals surface area (Å²) in [5.41, 5.74) is 6.71. The van der Waals surface area contributed by atoms with Crippen LogP contribution >= 0.6 is 0 Å². The van der Waals surface area contributed by atoms with Crippen molar-refractivity contribution in [2.75, 3.05) is 18.8 Å². The average molecular weight is 275 g/mol. The number of nitrogens with zero attached hydrogens (tertiary/aromatic N) is 1. The van der Waals surface area contributed by atoms with Gasteiger partial charge >= 0.3 is 0 Å². The van der Waals surface area contributed by atoms with Gasteiger partial charge < -0.3 is 11.1 Å². The Morgan fingerprint density at radius 2 is 1.95 bits per heavy atom. The van der Waals surface area contributed by atoms with Crippen LogP contribution in [0, 0.1) is 0 Å². The van der Waals surface area contributed by atoms with E-state index in [1.54, 1.807) is 12.1 Å². The minimum atomic E-state index is -0.388. The predicted octanol–water partition coefficient (Wildman–Crippen LogP) is 0.781. The van der Waals surface area contributed by atoms with Crippen LogP contribution in [-0.2, 0) is 4.79 Å². The molecule has 3 N–H and O–H groups in total. The smallest absolute Gasteiger partial charge is 0.261 e. The molecule has 20 heavy (non-hydrogen) atoms. The molecule has 106 valence electrons. The number of imide groups is 1. The molecule has 0 atom stereocenters. The first kappa shape index (κ1) is 14.0. The van der Waals surface area contributed by atoms with Crippen molar-refractivity contribution >= 4 is 23.4 Å². The molecule has 1 heterocycles. The van der Waals surface area contributed by atoms with Crippen molar-refractivity contribution in [3.05, 3.63) is 29.3 Å². The lowest BCUT2D eigenvalue weighted by atomic mass is 10.1. The molecule has 0 bridgehead atoms. The number of carbonyl (C=O) groups excluding carboxylic acids is 3. The standard InChI is InChI=1S/C14H17N3O3/c1-2-6-16-12(18)5-7-17-13(19)10-4-3-9(15)8-11(10)14(17)20/h3-4,8H,2,5-7,15H2,1H3,(H,16,18). The Morgan fingerprint density at radius 3 is 2.65 bits per heavy atom. The average Bonchev–Trinajstić information content (AvgIpc) is 2.66. The molecule has 2 rings (SSSR count). The molecule has 0 radical (unpaired) electrons. The number of hydrogen-bond donors (Lipinski definition) is 2. The molecular weight excluding hydrogens is 258 g/mol. The number of rotatable bonds is 5. The van der Waals surface area contributed by atoms with Crippen LogP contribution in [-0.4, -0.2) is 35.7 Å². The number of hydrogen-bond acceptors (Lipinski definition) is 4. The van der Waals surface area contributed by atoms with Gasteiger partial charge in [0.2, 0.25) is 5.91 Å². The minimum absolute atomic E-state index is 0.0851. The number of fused-ring (bicyclic) bond motifs is 1. The topological polar surface area (TPSA) is 92.5 Å². The fraction of sp³-hybridized carbons (Fsp3) is 0.357. The van der Waals surface area contributed by atoms with Gasteiger partial charge in [-0.15, -0.1) is 0 Å². The van der Waals surface area contributed by atoms with Gasteiger partial charge in [0.15, 0.2) is 0 Å². The number of nitrogen functional groups attached to an aromatic ring is 1. The number of carbonyl (C=O) groups is 3. The van der Waals surface area contributed by atoms with E-state index in [9.17, 15) is 14.4 Å². The SMILES string of the molecule is CCCNC(=O)CCN1C(=O)c2ccc(N)cc2C1=O. The third-order valence-corrected chi connectivity index (χ3v) is 3.13. The van der Waals surface area contributed by atoms with Crippen molar-refractivity contribution in [3.63, 3.8) is 0 Å². The van der Waals surface area contributed by atoms with Crippen molar-refractivity contribution in [2.24, 2.45) is 0 Å². The van der Waals surface area contributed by atoms with Gasteiger partial charge in [-0.05, 0) is 24.6 Å². The monoisotopic (exact) mass is 275 g/mol. The van der Waals surface area contributed by atoms with E-state index in [0.29, 0.717) is 23.4 Å². The van der Waals surface area contributed by atoms with Crippen molar-refractivity contribution < 1.29 is 14.4 Å². The Morgan fingerprint density at radius 1 is 1.25 bits per heavy atom. The molecule has 0 unspecified atom stereocenters. The first-order valence-corrected chi connectivity index (χ1v) is 6.57. The molecule has 1 aliphatic heterocycles. The summed E-state index contributed by atoms with van der Waals surface area (Å²) >= 11 is 0. The van der Waals surface area contributed by atoms with E-state index in [-0.39, 0.29) is 30.7 Å². The Balaban J connectivity index is 2.03. The molecule has 0 saturated heterocycles. The molecule has 6 nitrogen and oxygen atoms in total. The van der Waals surface area contributed by atoms with Gasteiger partial charge in [-0.2, -0.15) is 0 Å². The lowest BCUT2D eigenvalue weighted by Gasteiger charge is -2.13. The second-order valence-corrected chi connectivity index (χ2v) is 4.67. The molecule has 0 fully saturated rings. The van der Waals surface area contributed by atoms with Crippen LogP contribution in [0.1, 0.15) is 40.5 Å². The summed E-state index contributed by atoms with van der Waals surface area (Å²) in [5, 5.41) is 2.71. The number of benzene rings is 1. The first-order chi connectivity index (χ1) is 9.54. The van der Waals surface area contributed by atoms with Gasteiger partial charge in [0.05, 0.1) is 11.1 Å². The first-order valence-electron chi connectivity index (χ1n) is 6.57. The zero-order chi connectivity index (χ0) is 14.7. The molecule has 0 saturated carbocycles. The number of amides is 3. The maximum Gasteiger partial charge on any atom is 0.261 e. The molecule has 0 aliphatic carbocycles. The molecule has 1 aromatic rings. The highest BCUT2D eigenvalue weighted by molar-refractivity contribution is 6.21. The van der Waals surface area contributed by atoms with Gasteiger partial charge in [0, 0.05) is 25.2 Å². The van der Waals surface area contributed by atoms with Gasteiger partial charge in [0.1, 0.15) is 0 Å². The summed E-state index contributed by atoms with van der Waals surface area (Å²) < 4.78 is 0. The Kier molecular flexibility index (Phi) is 4.02. The summed E-state index contributed by atoms with van der Waals surface area (Å²) in [7, 11) is 0. The van der Waals surface area contributed by atoms with E-state index in [2.05, 4.69) is 5.32 Å². The van der Waals surface area contributed by atoms with Gasteiger partial charge in [-0.1, -0.05) is 6.92 Å². The molecule has 0 aromatic heterocycles. The summed E-state index contributed by atoms with van der Waals surface area (Å²) in [4.78, 5) is 36.8.